The summed E-state index contributed by atoms with van der Waals surface area (Å²) in [5.41, 5.74) is 0.561. The van der Waals surface area contributed by atoms with Crippen molar-refractivity contribution in [2.45, 2.75) is 43.8 Å². The van der Waals surface area contributed by atoms with E-state index in [-0.39, 0.29) is 17.4 Å². The van der Waals surface area contributed by atoms with Gasteiger partial charge in [0, 0.05) is 21.7 Å². The molecule has 0 aromatic heterocycles. The van der Waals surface area contributed by atoms with Gasteiger partial charge in [-0.25, -0.2) is 0 Å². The summed E-state index contributed by atoms with van der Waals surface area (Å²) >= 11 is 5.90. The van der Waals surface area contributed by atoms with E-state index in [0.717, 1.165) is 30.5 Å². The molecule has 2 heterocycles. The SMILES string of the molecule is CCC(C(=O)Nc1ccc(Cl)cc1)N1CCC2(CC1)COc1cc(C(F)(F)F)ccc12. The van der Waals surface area contributed by atoms with Gasteiger partial charge in [0.25, 0.3) is 0 Å². The van der Waals surface area contributed by atoms with Gasteiger partial charge in [-0.1, -0.05) is 24.6 Å². The van der Waals surface area contributed by atoms with Crippen molar-refractivity contribution in [1.82, 2.24) is 4.90 Å². The van der Waals surface area contributed by atoms with E-state index in [1.54, 1.807) is 30.3 Å². The Morgan fingerprint density at radius 1 is 1.19 bits per heavy atom. The maximum atomic E-state index is 13.0. The number of carbonyl (C=O) groups excluding carboxylic acids is 1. The third kappa shape index (κ3) is 4.39. The number of benzene rings is 2. The van der Waals surface area contributed by atoms with Crippen LogP contribution in [0, 0.1) is 0 Å². The smallest absolute Gasteiger partial charge is 0.416 e. The molecular weight excluding hydrogens is 429 g/mol. The second-order valence-electron chi connectivity index (χ2n) is 8.23. The average molecular weight is 453 g/mol. The molecule has 1 spiro atoms. The normalized spacial score (nSPS) is 19.0. The first-order chi connectivity index (χ1) is 14.7. The number of amides is 1. The molecule has 2 aromatic rings. The fourth-order valence-electron chi connectivity index (χ4n) is 4.60. The molecule has 166 valence electrons. The number of anilines is 1. The lowest BCUT2D eigenvalue weighted by Gasteiger charge is -2.41. The Labute approximate surface area is 184 Å². The number of rotatable bonds is 4. The van der Waals surface area contributed by atoms with Gasteiger partial charge in [0.2, 0.25) is 5.91 Å². The van der Waals surface area contributed by atoms with Crippen LogP contribution in [0.5, 0.6) is 5.75 Å². The number of fused-ring (bicyclic) bond motifs is 2. The average Bonchev–Trinajstić information content (AvgIpc) is 3.09. The molecule has 2 aromatic carbocycles. The zero-order valence-corrected chi connectivity index (χ0v) is 17.9. The van der Waals surface area contributed by atoms with Crippen LogP contribution in [0.3, 0.4) is 0 Å². The Morgan fingerprint density at radius 3 is 2.48 bits per heavy atom. The molecule has 1 atom stereocenters. The minimum absolute atomic E-state index is 0.0707. The molecule has 31 heavy (non-hydrogen) atoms. The number of ether oxygens (including phenoxy) is 1. The summed E-state index contributed by atoms with van der Waals surface area (Å²) in [5, 5.41) is 3.55. The standard InChI is InChI=1S/C23H24ClF3N2O2/c1-2-19(21(30)28-17-6-4-16(24)5-7-17)29-11-9-22(10-12-29)14-31-20-13-15(23(25,26)27)3-8-18(20)22/h3-8,13,19H,2,9-12,14H2,1H3,(H,28,30). The zero-order valence-electron chi connectivity index (χ0n) is 17.1. The Kier molecular flexibility index (Phi) is 5.92. The van der Waals surface area contributed by atoms with Gasteiger partial charge in [0.1, 0.15) is 5.75 Å². The molecule has 2 aliphatic heterocycles. The van der Waals surface area contributed by atoms with Crippen LogP contribution in [-0.4, -0.2) is 36.5 Å². The molecule has 4 nitrogen and oxygen atoms in total. The third-order valence-electron chi connectivity index (χ3n) is 6.38. The molecule has 1 fully saturated rings. The third-order valence-corrected chi connectivity index (χ3v) is 6.63. The maximum Gasteiger partial charge on any atom is 0.416 e. The van der Waals surface area contributed by atoms with E-state index in [1.807, 2.05) is 6.92 Å². The molecule has 1 N–H and O–H groups in total. The fraction of sp³-hybridized carbons (Fsp3) is 0.435. The van der Waals surface area contributed by atoms with E-state index in [9.17, 15) is 18.0 Å². The summed E-state index contributed by atoms with van der Waals surface area (Å²) in [6.45, 7) is 3.71. The highest BCUT2D eigenvalue weighted by Crippen LogP contribution is 2.47. The van der Waals surface area contributed by atoms with Crippen LogP contribution in [0.2, 0.25) is 5.02 Å². The summed E-state index contributed by atoms with van der Waals surface area (Å²) in [6, 6.07) is 10.5. The number of hydrogen-bond acceptors (Lipinski definition) is 3. The first-order valence-electron chi connectivity index (χ1n) is 10.4. The second kappa shape index (κ2) is 8.36. The quantitative estimate of drug-likeness (QED) is 0.665. The maximum absolute atomic E-state index is 13.0. The van der Waals surface area contributed by atoms with Crippen molar-refractivity contribution in [2.75, 3.05) is 25.0 Å². The summed E-state index contributed by atoms with van der Waals surface area (Å²) in [7, 11) is 0. The highest BCUT2D eigenvalue weighted by molar-refractivity contribution is 6.30. The number of hydrogen-bond donors (Lipinski definition) is 1. The van der Waals surface area contributed by atoms with Crippen LogP contribution in [-0.2, 0) is 16.4 Å². The highest BCUT2D eigenvalue weighted by Gasteiger charge is 2.45. The molecule has 8 heteroatoms. The molecule has 1 unspecified atom stereocenters. The Balaban J connectivity index is 1.43. The van der Waals surface area contributed by atoms with Crippen molar-refractivity contribution >= 4 is 23.2 Å². The topological polar surface area (TPSA) is 41.6 Å². The van der Waals surface area contributed by atoms with E-state index >= 15 is 0 Å². The predicted molar refractivity (Wildman–Crippen MR) is 114 cm³/mol. The lowest BCUT2D eigenvalue weighted by molar-refractivity contribution is -0.137. The van der Waals surface area contributed by atoms with E-state index in [4.69, 9.17) is 16.3 Å². The predicted octanol–water partition coefficient (Wildman–Crippen LogP) is 5.50. The van der Waals surface area contributed by atoms with Crippen molar-refractivity contribution in [3.8, 4) is 5.75 Å². The largest absolute Gasteiger partial charge is 0.492 e. The van der Waals surface area contributed by atoms with Gasteiger partial charge in [-0.2, -0.15) is 13.2 Å². The number of piperidine rings is 1. The van der Waals surface area contributed by atoms with Crippen LogP contribution < -0.4 is 10.1 Å². The molecule has 0 aliphatic carbocycles. The molecule has 4 rings (SSSR count). The number of halogens is 4. The minimum Gasteiger partial charge on any atom is -0.492 e. The Morgan fingerprint density at radius 2 is 1.87 bits per heavy atom. The van der Waals surface area contributed by atoms with Crippen LogP contribution in [0.4, 0.5) is 18.9 Å². The van der Waals surface area contributed by atoms with Crippen LogP contribution >= 0.6 is 11.6 Å². The van der Waals surface area contributed by atoms with Gasteiger partial charge < -0.3 is 10.1 Å². The van der Waals surface area contributed by atoms with E-state index in [1.165, 1.54) is 0 Å². The Bertz CT molecular complexity index is 954. The van der Waals surface area contributed by atoms with Gasteiger partial charge in [-0.05, 0) is 68.8 Å². The van der Waals surface area contributed by atoms with Gasteiger partial charge in [-0.15, -0.1) is 0 Å². The van der Waals surface area contributed by atoms with Crippen LogP contribution in [0.1, 0.15) is 37.3 Å². The molecule has 1 saturated heterocycles. The Hall–Kier alpha value is -2.25. The summed E-state index contributed by atoms with van der Waals surface area (Å²) in [4.78, 5) is 15.0. The summed E-state index contributed by atoms with van der Waals surface area (Å²) in [5.74, 6) is 0.259. The molecule has 0 saturated carbocycles. The fourth-order valence-corrected chi connectivity index (χ4v) is 4.72. The van der Waals surface area contributed by atoms with E-state index in [0.29, 0.717) is 42.6 Å². The zero-order chi connectivity index (χ0) is 22.2. The van der Waals surface area contributed by atoms with Crippen molar-refractivity contribution < 1.29 is 22.7 Å². The van der Waals surface area contributed by atoms with E-state index in [2.05, 4.69) is 10.2 Å². The molecule has 0 radical (unpaired) electrons. The number of carbonyl (C=O) groups is 1. The highest BCUT2D eigenvalue weighted by atomic mass is 35.5. The molecule has 2 aliphatic rings. The number of alkyl halides is 3. The minimum atomic E-state index is -4.39. The summed E-state index contributed by atoms with van der Waals surface area (Å²) < 4.78 is 44.7. The van der Waals surface area contributed by atoms with Gasteiger partial charge in [0.05, 0.1) is 18.2 Å². The van der Waals surface area contributed by atoms with Gasteiger partial charge in [-0.3, -0.25) is 9.69 Å². The van der Waals surface area contributed by atoms with Crippen molar-refractivity contribution in [1.29, 1.82) is 0 Å². The van der Waals surface area contributed by atoms with Crippen LogP contribution in [0.15, 0.2) is 42.5 Å². The monoisotopic (exact) mass is 452 g/mol. The first-order valence-corrected chi connectivity index (χ1v) is 10.7. The van der Waals surface area contributed by atoms with Crippen molar-refractivity contribution in [3.63, 3.8) is 0 Å². The lowest BCUT2D eigenvalue weighted by Crippen LogP contribution is -2.51. The van der Waals surface area contributed by atoms with E-state index < -0.39 is 11.7 Å². The van der Waals surface area contributed by atoms with Crippen molar-refractivity contribution in [3.05, 3.63) is 58.6 Å². The van der Waals surface area contributed by atoms with Gasteiger partial charge >= 0.3 is 6.18 Å². The lowest BCUT2D eigenvalue weighted by atomic mass is 9.74. The van der Waals surface area contributed by atoms with Crippen LogP contribution in [0.25, 0.3) is 0 Å². The first kappa shape index (κ1) is 22.0. The number of likely N-dealkylation sites (tertiary alicyclic amines) is 1. The molecular formula is C23H24ClF3N2O2. The number of nitrogens with zero attached hydrogens (tertiary/aromatic N) is 1. The molecule has 1 amide bonds. The molecule has 0 bridgehead atoms. The van der Waals surface area contributed by atoms with Gasteiger partial charge in [0.15, 0.2) is 0 Å². The second-order valence-corrected chi connectivity index (χ2v) is 8.67. The van der Waals surface area contributed by atoms with Crippen molar-refractivity contribution in [2.24, 2.45) is 0 Å². The summed E-state index contributed by atoms with van der Waals surface area (Å²) in [6.07, 6.45) is -2.26. The number of nitrogens with one attached hydrogen (secondary N) is 1.